The fourth-order valence-electron chi connectivity index (χ4n) is 1.79. The average Bonchev–Trinajstić information content (AvgIpc) is 2.51. The predicted octanol–water partition coefficient (Wildman–Crippen LogP) is 2.35. The summed E-state index contributed by atoms with van der Waals surface area (Å²) in [6.07, 6.45) is 0. The van der Waals surface area contributed by atoms with Gasteiger partial charge in [-0.3, -0.25) is 9.59 Å². The van der Waals surface area contributed by atoms with Crippen LogP contribution >= 0.6 is 0 Å². The first-order valence-electron chi connectivity index (χ1n) is 6.69. The van der Waals surface area contributed by atoms with Crippen molar-refractivity contribution in [2.75, 3.05) is 11.9 Å². The third kappa shape index (κ3) is 4.26. The van der Waals surface area contributed by atoms with Crippen molar-refractivity contribution < 1.29 is 23.5 Å². The Labute approximate surface area is 130 Å². The van der Waals surface area contributed by atoms with Crippen LogP contribution in [0.2, 0.25) is 0 Å². The zero-order chi connectivity index (χ0) is 17.0. The van der Waals surface area contributed by atoms with Gasteiger partial charge in [-0.2, -0.15) is 0 Å². The molecule has 120 valence electrons. The number of nitrogens with one attached hydrogen (secondary N) is 2. The van der Waals surface area contributed by atoms with Crippen LogP contribution in [0.3, 0.4) is 0 Å². The second-order valence-electron chi connectivity index (χ2n) is 4.86. The molecule has 3 N–H and O–H groups in total. The highest BCUT2D eigenvalue weighted by molar-refractivity contribution is 5.99. The summed E-state index contributed by atoms with van der Waals surface area (Å²) in [7, 11) is 0. The second-order valence-corrected chi connectivity index (χ2v) is 4.86. The van der Waals surface area contributed by atoms with Gasteiger partial charge in [-0.25, -0.2) is 8.78 Å². The highest BCUT2D eigenvalue weighted by atomic mass is 19.2. The highest BCUT2D eigenvalue weighted by Gasteiger charge is 2.11. The maximum atomic E-state index is 13.0. The highest BCUT2D eigenvalue weighted by Crippen LogP contribution is 2.20. The molecule has 0 aliphatic heterocycles. The minimum atomic E-state index is -1.14. The Morgan fingerprint density at radius 2 is 1.83 bits per heavy atom. The van der Waals surface area contributed by atoms with Crippen LogP contribution in [0.15, 0.2) is 36.4 Å². The fraction of sp³-hybridized carbons (Fsp3) is 0.125. The molecule has 7 heteroatoms. The van der Waals surface area contributed by atoms with Gasteiger partial charge in [-0.15, -0.1) is 0 Å². The van der Waals surface area contributed by atoms with Gasteiger partial charge in [-0.05, 0) is 36.8 Å². The van der Waals surface area contributed by atoms with Crippen molar-refractivity contribution in [3.63, 3.8) is 0 Å². The van der Waals surface area contributed by atoms with Gasteiger partial charge in [0, 0.05) is 17.3 Å². The molecule has 0 saturated carbocycles. The Kier molecular flexibility index (Phi) is 4.90. The van der Waals surface area contributed by atoms with Crippen molar-refractivity contribution in [3.8, 4) is 5.75 Å². The van der Waals surface area contributed by atoms with Crippen LogP contribution in [0.25, 0.3) is 0 Å². The quantitative estimate of drug-likeness (QED) is 0.809. The molecule has 0 heterocycles. The summed E-state index contributed by atoms with van der Waals surface area (Å²) < 4.78 is 25.8. The maximum Gasteiger partial charge on any atom is 0.251 e. The van der Waals surface area contributed by atoms with Gasteiger partial charge in [-0.1, -0.05) is 6.07 Å². The standard InChI is InChI=1S/C16H14F2N2O3/c1-9-2-4-11(7-14(9)21)20-15(22)8-19-16(23)10-3-5-12(17)13(18)6-10/h2-7,21H,8H2,1H3,(H,19,23)(H,20,22). The van der Waals surface area contributed by atoms with Crippen LogP contribution in [0.1, 0.15) is 15.9 Å². The summed E-state index contributed by atoms with van der Waals surface area (Å²) in [5.74, 6) is -3.39. The first kappa shape index (κ1) is 16.4. The summed E-state index contributed by atoms with van der Waals surface area (Å²) in [6, 6.07) is 7.31. The van der Waals surface area contributed by atoms with Gasteiger partial charge in [0.1, 0.15) is 5.75 Å². The van der Waals surface area contributed by atoms with Crippen molar-refractivity contribution in [3.05, 3.63) is 59.2 Å². The number of phenolic OH excluding ortho intramolecular Hbond substituents is 1. The number of carbonyl (C=O) groups excluding carboxylic acids is 2. The Bertz CT molecular complexity index is 763. The third-order valence-corrected chi connectivity index (χ3v) is 3.08. The Hall–Kier alpha value is -2.96. The van der Waals surface area contributed by atoms with Crippen molar-refractivity contribution in [1.82, 2.24) is 5.32 Å². The molecule has 0 atom stereocenters. The number of anilines is 1. The summed E-state index contributed by atoms with van der Waals surface area (Å²) in [5, 5.41) is 14.3. The zero-order valence-electron chi connectivity index (χ0n) is 12.2. The molecule has 0 spiro atoms. The topological polar surface area (TPSA) is 78.4 Å². The molecule has 2 amide bonds. The molecular weight excluding hydrogens is 306 g/mol. The molecule has 5 nitrogen and oxygen atoms in total. The summed E-state index contributed by atoms with van der Waals surface area (Å²) in [5.41, 5.74) is 0.944. The van der Waals surface area contributed by atoms with Crippen LogP contribution in [0.5, 0.6) is 5.75 Å². The van der Waals surface area contributed by atoms with E-state index in [9.17, 15) is 23.5 Å². The molecule has 0 aliphatic rings. The van der Waals surface area contributed by atoms with Crippen LogP contribution < -0.4 is 10.6 Å². The molecule has 2 aromatic rings. The molecule has 2 rings (SSSR count). The van der Waals surface area contributed by atoms with Crippen molar-refractivity contribution in [2.45, 2.75) is 6.92 Å². The monoisotopic (exact) mass is 320 g/mol. The van der Waals surface area contributed by atoms with E-state index in [1.165, 1.54) is 6.07 Å². The number of carbonyl (C=O) groups is 2. The van der Waals surface area contributed by atoms with Crippen LogP contribution in [-0.2, 0) is 4.79 Å². The molecule has 0 fully saturated rings. The first-order chi connectivity index (χ1) is 10.9. The summed E-state index contributed by atoms with van der Waals surface area (Å²) in [4.78, 5) is 23.5. The van der Waals surface area contributed by atoms with Gasteiger partial charge in [0.2, 0.25) is 5.91 Å². The normalized spacial score (nSPS) is 10.2. The molecule has 0 unspecified atom stereocenters. The number of phenols is 1. The minimum Gasteiger partial charge on any atom is -0.508 e. The number of aryl methyl sites for hydroxylation is 1. The number of amides is 2. The lowest BCUT2D eigenvalue weighted by Gasteiger charge is -2.08. The maximum absolute atomic E-state index is 13.0. The molecule has 0 saturated heterocycles. The Morgan fingerprint density at radius 3 is 2.48 bits per heavy atom. The molecule has 0 aromatic heterocycles. The van der Waals surface area contributed by atoms with Crippen LogP contribution in [0, 0.1) is 18.6 Å². The molecular formula is C16H14F2N2O3. The van der Waals surface area contributed by atoms with Gasteiger partial charge in [0.15, 0.2) is 11.6 Å². The number of benzene rings is 2. The minimum absolute atomic E-state index is 0.0358. The number of aromatic hydroxyl groups is 1. The predicted molar refractivity (Wildman–Crippen MR) is 80.2 cm³/mol. The lowest BCUT2D eigenvalue weighted by Crippen LogP contribution is -2.32. The molecule has 0 bridgehead atoms. The van der Waals surface area contributed by atoms with E-state index < -0.39 is 23.4 Å². The van der Waals surface area contributed by atoms with Crippen molar-refractivity contribution in [1.29, 1.82) is 0 Å². The van der Waals surface area contributed by atoms with E-state index in [2.05, 4.69) is 10.6 Å². The Balaban J connectivity index is 1.91. The van der Waals surface area contributed by atoms with E-state index in [1.54, 1.807) is 19.1 Å². The van der Waals surface area contributed by atoms with E-state index in [0.29, 0.717) is 11.3 Å². The molecule has 23 heavy (non-hydrogen) atoms. The number of halogens is 2. The first-order valence-corrected chi connectivity index (χ1v) is 6.69. The summed E-state index contributed by atoms with van der Waals surface area (Å²) in [6.45, 7) is 1.36. The van der Waals surface area contributed by atoms with Crippen molar-refractivity contribution in [2.24, 2.45) is 0 Å². The third-order valence-electron chi connectivity index (χ3n) is 3.08. The molecule has 0 radical (unpaired) electrons. The molecule has 0 aliphatic carbocycles. The van der Waals surface area contributed by atoms with Crippen LogP contribution in [0.4, 0.5) is 14.5 Å². The SMILES string of the molecule is Cc1ccc(NC(=O)CNC(=O)c2ccc(F)c(F)c2)cc1O. The van der Waals surface area contributed by atoms with E-state index in [1.807, 2.05) is 0 Å². The van der Waals surface area contributed by atoms with Gasteiger partial charge in [0.05, 0.1) is 6.54 Å². The lowest BCUT2D eigenvalue weighted by atomic mass is 10.2. The zero-order valence-corrected chi connectivity index (χ0v) is 12.2. The smallest absolute Gasteiger partial charge is 0.251 e. The van der Waals surface area contributed by atoms with Gasteiger partial charge in [0.25, 0.3) is 5.91 Å². The van der Waals surface area contributed by atoms with E-state index in [0.717, 1.165) is 18.2 Å². The number of hydrogen-bond acceptors (Lipinski definition) is 3. The van der Waals surface area contributed by atoms with E-state index in [4.69, 9.17) is 0 Å². The lowest BCUT2D eigenvalue weighted by molar-refractivity contribution is -0.115. The number of hydrogen-bond donors (Lipinski definition) is 3. The van der Waals surface area contributed by atoms with Gasteiger partial charge >= 0.3 is 0 Å². The second kappa shape index (κ2) is 6.87. The largest absolute Gasteiger partial charge is 0.508 e. The van der Waals surface area contributed by atoms with E-state index in [-0.39, 0.29) is 17.9 Å². The van der Waals surface area contributed by atoms with Crippen LogP contribution in [-0.4, -0.2) is 23.5 Å². The van der Waals surface area contributed by atoms with Crippen molar-refractivity contribution >= 4 is 17.5 Å². The van der Waals surface area contributed by atoms with E-state index >= 15 is 0 Å². The van der Waals surface area contributed by atoms with Gasteiger partial charge < -0.3 is 15.7 Å². The number of rotatable bonds is 4. The fourth-order valence-corrected chi connectivity index (χ4v) is 1.79. The average molecular weight is 320 g/mol. The Morgan fingerprint density at radius 1 is 1.09 bits per heavy atom. The molecule has 2 aromatic carbocycles. The summed E-state index contributed by atoms with van der Waals surface area (Å²) >= 11 is 0.